The zero-order chi connectivity index (χ0) is 19.7. The van der Waals surface area contributed by atoms with Gasteiger partial charge in [-0.2, -0.15) is 0 Å². The molecule has 2 aromatic rings. The highest BCUT2D eigenvalue weighted by molar-refractivity contribution is 5.73. The number of hydrogen-bond donors (Lipinski definition) is 1. The average molecular weight is 379 g/mol. The maximum Gasteiger partial charge on any atom is 0.219 e. The number of nitrogens with zero attached hydrogens (tertiary/aromatic N) is 2. The number of rotatable bonds is 3. The Bertz CT molecular complexity index is 833. The maximum absolute atomic E-state index is 12.0. The van der Waals surface area contributed by atoms with Crippen molar-refractivity contribution in [1.29, 1.82) is 0 Å². The molecule has 0 radical (unpaired) electrons. The minimum Gasteiger partial charge on any atom is -0.395 e. The Morgan fingerprint density at radius 3 is 2.50 bits per heavy atom. The summed E-state index contributed by atoms with van der Waals surface area (Å²) < 4.78 is 0. The minimum absolute atomic E-state index is 0.154. The van der Waals surface area contributed by atoms with Crippen LogP contribution < -0.4 is 0 Å². The molecule has 2 aliphatic heterocycles. The van der Waals surface area contributed by atoms with E-state index >= 15 is 0 Å². The molecule has 1 N–H and O–H groups in total. The fraction of sp³-hybridized carbons (Fsp3) is 0.458. The van der Waals surface area contributed by atoms with Crippen molar-refractivity contribution >= 4 is 5.91 Å². The van der Waals surface area contributed by atoms with Crippen molar-refractivity contribution in [3.63, 3.8) is 0 Å². The molecule has 148 valence electrons. The van der Waals surface area contributed by atoms with Gasteiger partial charge >= 0.3 is 0 Å². The number of carbonyl (C=O) groups excluding carboxylic acids is 1. The van der Waals surface area contributed by atoms with Crippen LogP contribution in [0.1, 0.15) is 36.8 Å². The Morgan fingerprint density at radius 1 is 1.07 bits per heavy atom. The van der Waals surface area contributed by atoms with Crippen LogP contribution in [0.5, 0.6) is 0 Å². The lowest BCUT2D eigenvalue weighted by Crippen LogP contribution is -2.67. The van der Waals surface area contributed by atoms with E-state index in [1.165, 1.54) is 22.3 Å². The maximum atomic E-state index is 12.0. The number of aliphatic hydroxyl groups is 1. The van der Waals surface area contributed by atoms with E-state index in [2.05, 4.69) is 60.4 Å². The first kappa shape index (κ1) is 19.2. The van der Waals surface area contributed by atoms with Crippen molar-refractivity contribution in [1.82, 2.24) is 9.80 Å². The van der Waals surface area contributed by atoms with Crippen molar-refractivity contribution in [2.45, 2.75) is 44.7 Å². The Balaban J connectivity index is 1.58. The third-order valence-electron chi connectivity index (χ3n) is 6.46. The molecule has 2 aromatic carbocycles. The third-order valence-corrected chi connectivity index (χ3v) is 6.46. The van der Waals surface area contributed by atoms with Crippen molar-refractivity contribution in [3.05, 3.63) is 59.7 Å². The van der Waals surface area contributed by atoms with Gasteiger partial charge in [0.05, 0.1) is 6.61 Å². The van der Waals surface area contributed by atoms with Crippen molar-refractivity contribution in [2.75, 3.05) is 26.2 Å². The Morgan fingerprint density at radius 2 is 1.82 bits per heavy atom. The second-order valence-corrected chi connectivity index (χ2v) is 8.24. The van der Waals surface area contributed by atoms with E-state index in [1.54, 1.807) is 6.92 Å². The van der Waals surface area contributed by atoms with Crippen molar-refractivity contribution < 1.29 is 9.90 Å². The number of fused-ring (bicyclic) bond motifs is 1. The Kier molecular flexibility index (Phi) is 5.51. The first-order chi connectivity index (χ1) is 13.6. The van der Waals surface area contributed by atoms with E-state index in [-0.39, 0.29) is 24.5 Å². The molecule has 0 saturated carbocycles. The molecular formula is C24H30N2O2. The summed E-state index contributed by atoms with van der Waals surface area (Å²) in [4.78, 5) is 16.4. The van der Waals surface area contributed by atoms with Crippen LogP contribution in [0.2, 0.25) is 0 Å². The van der Waals surface area contributed by atoms with Crippen LogP contribution >= 0.6 is 0 Å². The topological polar surface area (TPSA) is 43.8 Å². The summed E-state index contributed by atoms with van der Waals surface area (Å²) in [5.41, 5.74) is 4.97. The van der Waals surface area contributed by atoms with E-state index in [0.717, 1.165) is 32.5 Å². The third kappa shape index (κ3) is 3.59. The van der Waals surface area contributed by atoms with E-state index in [9.17, 15) is 9.90 Å². The molecule has 2 heterocycles. The van der Waals surface area contributed by atoms with Gasteiger partial charge in [0.15, 0.2) is 0 Å². The molecule has 2 saturated heterocycles. The Labute approximate surface area is 167 Å². The minimum atomic E-state index is 0.154. The highest BCUT2D eigenvalue weighted by Gasteiger charge is 2.49. The average Bonchev–Trinajstić information content (AvgIpc) is 2.67. The van der Waals surface area contributed by atoms with Gasteiger partial charge in [0.1, 0.15) is 0 Å². The first-order valence-electron chi connectivity index (χ1n) is 10.4. The molecule has 0 aliphatic carbocycles. The monoisotopic (exact) mass is 378 g/mol. The molecule has 0 spiro atoms. The lowest BCUT2D eigenvalue weighted by Gasteiger charge is -2.57. The predicted molar refractivity (Wildman–Crippen MR) is 112 cm³/mol. The molecule has 2 aliphatic rings. The van der Waals surface area contributed by atoms with Crippen LogP contribution in [0, 0.1) is 6.92 Å². The predicted octanol–water partition coefficient (Wildman–Crippen LogP) is 3.43. The molecule has 4 nitrogen and oxygen atoms in total. The van der Waals surface area contributed by atoms with Gasteiger partial charge in [-0.15, -0.1) is 0 Å². The lowest BCUT2D eigenvalue weighted by molar-refractivity contribution is -0.134. The van der Waals surface area contributed by atoms with Gasteiger partial charge in [-0.1, -0.05) is 54.1 Å². The summed E-state index contributed by atoms with van der Waals surface area (Å²) in [6.07, 6.45) is 2.12. The molecule has 4 rings (SSSR count). The second-order valence-electron chi connectivity index (χ2n) is 8.24. The number of hydrogen-bond acceptors (Lipinski definition) is 3. The van der Waals surface area contributed by atoms with Gasteiger partial charge in [0, 0.05) is 38.0 Å². The number of aliphatic hydroxyl groups excluding tert-OH is 1. The van der Waals surface area contributed by atoms with E-state index in [4.69, 9.17) is 0 Å². The van der Waals surface area contributed by atoms with Crippen LogP contribution in [0.25, 0.3) is 11.1 Å². The summed E-state index contributed by atoms with van der Waals surface area (Å²) in [6, 6.07) is 17.8. The normalized spacial score (nSPS) is 25.4. The number of carbonyl (C=O) groups is 1. The van der Waals surface area contributed by atoms with Gasteiger partial charge in [-0.25, -0.2) is 0 Å². The Hall–Kier alpha value is -2.17. The molecule has 28 heavy (non-hydrogen) atoms. The summed E-state index contributed by atoms with van der Waals surface area (Å²) >= 11 is 0. The van der Waals surface area contributed by atoms with Crippen molar-refractivity contribution in [3.8, 4) is 11.1 Å². The molecule has 4 heteroatoms. The first-order valence-corrected chi connectivity index (χ1v) is 10.4. The molecule has 2 fully saturated rings. The highest BCUT2D eigenvalue weighted by atomic mass is 16.3. The zero-order valence-electron chi connectivity index (χ0n) is 16.8. The highest BCUT2D eigenvalue weighted by Crippen LogP contribution is 2.42. The largest absolute Gasteiger partial charge is 0.395 e. The van der Waals surface area contributed by atoms with Crippen LogP contribution in [-0.4, -0.2) is 59.1 Å². The molecule has 0 bridgehead atoms. The van der Waals surface area contributed by atoms with Crippen LogP contribution in [0.3, 0.4) is 0 Å². The van der Waals surface area contributed by atoms with E-state index in [0.29, 0.717) is 6.04 Å². The van der Waals surface area contributed by atoms with Crippen LogP contribution in [0.4, 0.5) is 0 Å². The summed E-state index contributed by atoms with van der Waals surface area (Å²) in [7, 11) is 0. The second kappa shape index (κ2) is 8.06. The number of benzene rings is 2. The molecule has 1 amide bonds. The van der Waals surface area contributed by atoms with Gasteiger partial charge < -0.3 is 10.0 Å². The SMILES string of the molecule is CC(=O)N1CCCCN2[C@H](CO)[C@@H](c3ccc(-c4cccc(C)c4)cc3)[C@@H]2C1. The molecular weight excluding hydrogens is 348 g/mol. The van der Waals surface area contributed by atoms with Gasteiger partial charge in [-0.05, 0) is 43.0 Å². The fourth-order valence-corrected chi connectivity index (χ4v) is 4.95. The van der Waals surface area contributed by atoms with Crippen LogP contribution in [-0.2, 0) is 4.79 Å². The molecule has 0 aromatic heterocycles. The summed E-state index contributed by atoms with van der Waals surface area (Å²) in [6.45, 7) is 6.57. The quantitative estimate of drug-likeness (QED) is 0.890. The summed E-state index contributed by atoms with van der Waals surface area (Å²) in [5.74, 6) is 0.430. The van der Waals surface area contributed by atoms with Crippen LogP contribution in [0.15, 0.2) is 48.5 Å². The smallest absolute Gasteiger partial charge is 0.219 e. The number of amides is 1. The van der Waals surface area contributed by atoms with Gasteiger partial charge in [0.25, 0.3) is 0 Å². The molecule has 0 unspecified atom stereocenters. The van der Waals surface area contributed by atoms with Crippen molar-refractivity contribution in [2.24, 2.45) is 0 Å². The molecule has 3 atom stereocenters. The summed E-state index contributed by atoms with van der Waals surface area (Å²) in [5, 5.41) is 10.0. The van der Waals surface area contributed by atoms with Gasteiger partial charge in [0.2, 0.25) is 5.91 Å². The number of aryl methyl sites for hydroxylation is 1. The van der Waals surface area contributed by atoms with E-state index < -0.39 is 0 Å². The standard InChI is InChI=1S/C24H30N2O2/c1-17-6-5-7-21(14-17)19-8-10-20(11-9-19)24-22-15-25(18(2)28)12-3-4-13-26(22)23(24)16-27/h5-11,14,22-24,27H,3-4,12-13,15-16H2,1-2H3/t22-,23+,24-/m0/s1. The zero-order valence-corrected chi connectivity index (χ0v) is 16.8. The lowest BCUT2D eigenvalue weighted by atomic mass is 9.74. The fourth-order valence-electron chi connectivity index (χ4n) is 4.95. The van der Waals surface area contributed by atoms with Gasteiger partial charge in [-0.3, -0.25) is 9.69 Å². The van der Waals surface area contributed by atoms with E-state index in [1.807, 2.05) is 4.90 Å².